The number of pyridine rings is 1. The normalized spacial score (nSPS) is 16.8. The molecule has 0 radical (unpaired) electrons. The molecule has 3 aromatic heterocycles. The Morgan fingerprint density at radius 3 is 3.00 bits per heavy atom. The molecule has 0 saturated carbocycles. The highest BCUT2D eigenvalue weighted by Crippen LogP contribution is 2.25. The van der Waals surface area contributed by atoms with Crippen molar-refractivity contribution in [1.82, 2.24) is 25.1 Å². The highest BCUT2D eigenvalue weighted by atomic mass is 16.5. The number of amides is 1. The molecule has 1 atom stereocenters. The quantitative estimate of drug-likeness (QED) is 0.536. The summed E-state index contributed by atoms with van der Waals surface area (Å²) in [6.07, 6.45) is 6.55. The SMILES string of the molecule is O=C(CCc1c[nH]c2ccccc12)N1CCOC(c2cccc(-c3cn[nH]c3)n2)C1. The van der Waals surface area contributed by atoms with Crippen molar-refractivity contribution in [1.29, 1.82) is 0 Å². The maximum Gasteiger partial charge on any atom is 0.223 e. The number of H-pyrrole nitrogens is 2. The van der Waals surface area contributed by atoms with Gasteiger partial charge >= 0.3 is 0 Å². The van der Waals surface area contributed by atoms with Crippen molar-refractivity contribution < 1.29 is 9.53 Å². The van der Waals surface area contributed by atoms with Gasteiger partial charge in [0.05, 0.1) is 30.7 Å². The zero-order chi connectivity index (χ0) is 20.3. The third kappa shape index (κ3) is 3.71. The van der Waals surface area contributed by atoms with Crippen LogP contribution in [0.1, 0.15) is 23.8 Å². The Balaban J connectivity index is 1.25. The average Bonchev–Trinajstić information content (AvgIpc) is 3.48. The van der Waals surface area contributed by atoms with Gasteiger partial charge in [-0.15, -0.1) is 0 Å². The lowest BCUT2D eigenvalue weighted by molar-refractivity contribution is -0.139. The summed E-state index contributed by atoms with van der Waals surface area (Å²) in [5.41, 5.74) is 4.89. The van der Waals surface area contributed by atoms with Crippen molar-refractivity contribution in [3.63, 3.8) is 0 Å². The first-order valence-corrected chi connectivity index (χ1v) is 10.2. The summed E-state index contributed by atoms with van der Waals surface area (Å²) in [5.74, 6) is 0.152. The summed E-state index contributed by atoms with van der Waals surface area (Å²) >= 11 is 0. The number of para-hydroxylation sites is 1. The maximum absolute atomic E-state index is 12.9. The van der Waals surface area contributed by atoms with Gasteiger partial charge in [-0.05, 0) is 30.2 Å². The lowest BCUT2D eigenvalue weighted by Gasteiger charge is -2.33. The number of carbonyl (C=O) groups excluding carboxylic acids is 1. The molecule has 0 bridgehead atoms. The van der Waals surface area contributed by atoms with Gasteiger partial charge in [-0.2, -0.15) is 5.10 Å². The minimum atomic E-state index is -0.220. The maximum atomic E-state index is 12.9. The summed E-state index contributed by atoms with van der Waals surface area (Å²) in [5, 5.41) is 7.98. The van der Waals surface area contributed by atoms with E-state index in [1.807, 2.05) is 47.6 Å². The summed E-state index contributed by atoms with van der Waals surface area (Å²) in [7, 11) is 0. The second-order valence-electron chi connectivity index (χ2n) is 7.49. The molecule has 1 unspecified atom stereocenters. The minimum Gasteiger partial charge on any atom is -0.368 e. The summed E-state index contributed by atoms with van der Waals surface area (Å²) in [6, 6.07) is 14.0. The number of hydrogen-bond donors (Lipinski definition) is 2. The fourth-order valence-corrected chi connectivity index (χ4v) is 3.98. The van der Waals surface area contributed by atoms with Gasteiger partial charge in [0.25, 0.3) is 0 Å². The van der Waals surface area contributed by atoms with E-state index in [1.165, 1.54) is 10.9 Å². The molecular formula is C23H23N5O2. The smallest absolute Gasteiger partial charge is 0.223 e. The van der Waals surface area contributed by atoms with E-state index in [1.54, 1.807) is 6.20 Å². The van der Waals surface area contributed by atoms with Crippen molar-refractivity contribution in [2.45, 2.75) is 18.9 Å². The van der Waals surface area contributed by atoms with Gasteiger partial charge in [0.1, 0.15) is 6.10 Å². The number of nitrogens with one attached hydrogen (secondary N) is 2. The van der Waals surface area contributed by atoms with Crippen LogP contribution in [0.5, 0.6) is 0 Å². The molecule has 152 valence electrons. The van der Waals surface area contributed by atoms with Gasteiger partial charge < -0.3 is 14.6 Å². The minimum absolute atomic E-state index is 0.152. The molecule has 1 fully saturated rings. The third-order valence-corrected chi connectivity index (χ3v) is 5.60. The predicted octanol–water partition coefficient (Wildman–Crippen LogP) is 3.49. The van der Waals surface area contributed by atoms with Crippen LogP contribution in [0.4, 0.5) is 0 Å². The molecule has 0 spiro atoms. The van der Waals surface area contributed by atoms with Crippen LogP contribution >= 0.6 is 0 Å². The molecule has 4 aromatic rings. The second-order valence-corrected chi connectivity index (χ2v) is 7.49. The van der Waals surface area contributed by atoms with Crippen LogP contribution in [0.15, 0.2) is 61.1 Å². The number of aromatic amines is 2. The molecule has 5 rings (SSSR count). The first kappa shape index (κ1) is 18.6. The Kier molecular flexibility index (Phi) is 5.03. The number of hydrogen-bond acceptors (Lipinski definition) is 4. The van der Waals surface area contributed by atoms with E-state index in [0.717, 1.165) is 28.9 Å². The number of carbonyl (C=O) groups is 1. The summed E-state index contributed by atoms with van der Waals surface area (Å²) in [4.78, 5) is 22.8. The number of ether oxygens (including phenoxy) is 1. The van der Waals surface area contributed by atoms with Gasteiger partial charge in [0, 0.05) is 41.8 Å². The van der Waals surface area contributed by atoms with E-state index >= 15 is 0 Å². The van der Waals surface area contributed by atoms with E-state index in [9.17, 15) is 4.79 Å². The monoisotopic (exact) mass is 401 g/mol. The van der Waals surface area contributed by atoms with Crippen molar-refractivity contribution in [3.05, 3.63) is 72.3 Å². The first-order chi connectivity index (χ1) is 14.8. The third-order valence-electron chi connectivity index (χ3n) is 5.60. The molecule has 30 heavy (non-hydrogen) atoms. The first-order valence-electron chi connectivity index (χ1n) is 10.2. The Bertz CT molecular complexity index is 1150. The van der Waals surface area contributed by atoms with Crippen LogP contribution in [0, 0.1) is 0 Å². The number of benzene rings is 1. The molecule has 0 aliphatic carbocycles. The lowest BCUT2D eigenvalue weighted by Crippen LogP contribution is -2.42. The molecule has 1 amide bonds. The van der Waals surface area contributed by atoms with Crippen molar-refractivity contribution in [3.8, 4) is 11.3 Å². The van der Waals surface area contributed by atoms with Crippen LogP contribution in [0.3, 0.4) is 0 Å². The number of rotatable bonds is 5. The largest absolute Gasteiger partial charge is 0.368 e. The number of morpholine rings is 1. The number of aryl methyl sites for hydroxylation is 1. The van der Waals surface area contributed by atoms with Crippen LogP contribution in [0.2, 0.25) is 0 Å². The van der Waals surface area contributed by atoms with E-state index < -0.39 is 0 Å². The zero-order valence-electron chi connectivity index (χ0n) is 16.5. The van der Waals surface area contributed by atoms with Crippen molar-refractivity contribution in [2.75, 3.05) is 19.7 Å². The zero-order valence-corrected chi connectivity index (χ0v) is 16.5. The molecule has 4 heterocycles. The molecule has 1 aliphatic heterocycles. The highest BCUT2D eigenvalue weighted by Gasteiger charge is 2.26. The molecule has 1 aliphatic rings. The molecule has 1 saturated heterocycles. The topological polar surface area (TPSA) is 86.9 Å². The Morgan fingerprint density at radius 1 is 1.17 bits per heavy atom. The fourth-order valence-electron chi connectivity index (χ4n) is 3.98. The van der Waals surface area contributed by atoms with Crippen molar-refractivity contribution in [2.24, 2.45) is 0 Å². The van der Waals surface area contributed by atoms with Gasteiger partial charge in [-0.25, -0.2) is 4.98 Å². The average molecular weight is 401 g/mol. The van der Waals surface area contributed by atoms with E-state index in [2.05, 4.69) is 27.3 Å². The number of fused-ring (bicyclic) bond motifs is 1. The Labute approximate surface area is 174 Å². The predicted molar refractivity (Wildman–Crippen MR) is 114 cm³/mol. The molecule has 7 nitrogen and oxygen atoms in total. The van der Waals surface area contributed by atoms with E-state index in [4.69, 9.17) is 9.72 Å². The van der Waals surface area contributed by atoms with E-state index in [-0.39, 0.29) is 12.0 Å². The van der Waals surface area contributed by atoms with Crippen molar-refractivity contribution >= 4 is 16.8 Å². The molecular weight excluding hydrogens is 378 g/mol. The van der Waals surface area contributed by atoms with Crippen LogP contribution in [0.25, 0.3) is 22.2 Å². The number of nitrogens with zero attached hydrogens (tertiary/aromatic N) is 3. The standard InChI is InChI=1S/C23H23N5O2/c29-23(9-8-16-12-24-20-5-2-1-4-18(16)20)28-10-11-30-22(15-28)21-7-3-6-19(27-21)17-13-25-26-14-17/h1-7,12-14,22,24H,8-11,15H2,(H,25,26). The highest BCUT2D eigenvalue weighted by molar-refractivity contribution is 5.84. The van der Waals surface area contributed by atoms with Crippen LogP contribution < -0.4 is 0 Å². The molecule has 1 aromatic carbocycles. The van der Waals surface area contributed by atoms with Crippen LogP contribution in [-0.2, 0) is 16.0 Å². The van der Waals surface area contributed by atoms with E-state index in [0.29, 0.717) is 26.1 Å². The summed E-state index contributed by atoms with van der Waals surface area (Å²) in [6.45, 7) is 1.65. The Morgan fingerprint density at radius 2 is 2.10 bits per heavy atom. The number of aromatic nitrogens is 4. The molecule has 7 heteroatoms. The van der Waals surface area contributed by atoms with Gasteiger partial charge in [0.2, 0.25) is 5.91 Å². The summed E-state index contributed by atoms with van der Waals surface area (Å²) < 4.78 is 5.94. The second kappa shape index (κ2) is 8.12. The lowest BCUT2D eigenvalue weighted by atomic mass is 10.1. The molecule has 2 N–H and O–H groups in total. The fraction of sp³-hybridized carbons (Fsp3) is 0.261. The van der Waals surface area contributed by atoms with Crippen LogP contribution in [-0.4, -0.2) is 50.7 Å². The van der Waals surface area contributed by atoms with Gasteiger partial charge in [-0.1, -0.05) is 24.3 Å². The van der Waals surface area contributed by atoms with Gasteiger partial charge in [-0.3, -0.25) is 9.89 Å². The van der Waals surface area contributed by atoms with Gasteiger partial charge in [0.15, 0.2) is 0 Å². The Hall–Kier alpha value is -3.45.